The highest BCUT2D eigenvalue weighted by atomic mass is 14.9. The van der Waals surface area contributed by atoms with Gasteiger partial charge in [0.05, 0.1) is 0 Å². The van der Waals surface area contributed by atoms with Crippen LogP contribution in [0.5, 0.6) is 0 Å². The van der Waals surface area contributed by atoms with E-state index < -0.39 is 0 Å². The molecule has 1 aromatic heterocycles. The van der Waals surface area contributed by atoms with E-state index in [1.165, 1.54) is 30.5 Å². The summed E-state index contributed by atoms with van der Waals surface area (Å²) in [5, 5.41) is 3.56. The molecule has 0 atom stereocenters. The summed E-state index contributed by atoms with van der Waals surface area (Å²) in [6.45, 7) is 5.43. The fourth-order valence-electron chi connectivity index (χ4n) is 1.97. The largest absolute Gasteiger partial charge is 0.310 e. The molecule has 88 valence electrons. The number of aromatic nitrogens is 1. The normalized spacial score (nSPS) is 16.4. The van der Waals surface area contributed by atoms with Crippen molar-refractivity contribution in [3.8, 4) is 0 Å². The van der Waals surface area contributed by atoms with Gasteiger partial charge in [-0.15, -0.1) is 0 Å². The lowest BCUT2D eigenvalue weighted by molar-refractivity contribution is 0.338. The standard InChI is InChI=1S/C14H22N2/c1-11(2)8-14-7-6-12(10-16-14)9-15-13-4-3-5-13/h6-7,10-11,13,15H,3-5,8-9H2,1-2H3. The number of hydrogen-bond acceptors (Lipinski definition) is 2. The van der Waals surface area contributed by atoms with Crippen molar-refractivity contribution in [2.24, 2.45) is 5.92 Å². The number of rotatable bonds is 5. The van der Waals surface area contributed by atoms with E-state index in [0.717, 1.165) is 19.0 Å². The van der Waals surface area contributed by atoms with Crippen LogP contribution < -0.4 is 5.32 Å². The third-order valence-corrected chi connectivity index (χ3v) is 3.20. The number of pyridine rings is 1. The molecule has 1 N–H and O–H groups in total. The fraction of sp³-hybridized carbons (Fsp3) is 0.643. The summed E-state index contributed by atoms with van der Waals surface area (Å²) < 4.78 is 0. The van der Waals surface area contributed by atoms with E-state index in [4.69, 9.17) is 0 Å². The van der Waals surface area contributed by atoms with Crippen molar-refractivity contribution in [3.63, 3.8) is 0 Å². The molecule has 2 rings (SSSR count). The topological polar surface area (TPSA) is 24.9 Å². The molecule has 0 spiro atoms. The molecule has 0 saturated heterocycles. The molecular formula is C14H22N2. The Hall–Kier alpha value is -0.890. The van der Waals surface area contributed by atoms with Crippen LogP contribution in [-0.2, 0) is 13.0 Å². The van der Waals surface area contributed by atoms with Crippen molar-refractivity contribution in [1.82, 2.24) is 10.3 Å². The molecule has 0 bridgehead atoms. The van der Waals surface area contributed by atoms with E-state index in [0.29, 0.717) is 5.92 Å². The van der Waals surface area contributed by atoms with Crippen LogP contribution in [0.3, 0.4) is 0 Å². The lowest BCUT2D eigenvalue weighted by Gasteiger charge is -2.26. The molecule has 1 heterocycles. The van der Waals surface area contributed by atoms with Gasteiger partial charge < -0.3 is 5.32 Å². The molecule has 2 nitrogen and oxygen atoms in total. The fourth-order valence-corrected chi connectivity index (χ4v) is 1.97. The molecule has 0 unspecified atom stereocenters. The van der Waals surface area contributed by atoms with Crippen LogP contribution >= 0.6 is 0 Å². The van der Waals surface area contributed by atoms with Gasteiger partial charge in [-0.25, -0.2) is 0 Å². The third kappa shape index (κ3) is 3.31. The van der Waals surface area contributed by atoms with Gasteiger partial charge in [-0.05, 0) is 36.8 Å². The minimum atomic E-state index is 0.687. The second kappa shape index (κ2) is 5.44. The number of nitrogens with one attached hydrogen (secondary N) is 1. The second-order valence-electron chi connectivity index (χ2n) is 5.26. The van der Waals surface area contributed by atoms with Crippen LogP contribution in [0.1, 0.15) is 44.4 Å². The summed E-state index contributed by atoms with van der Waals surface area (Å²) in [6, 6.07) is 5.13. The van der Waals surface area contributed by atoms with Crippen LogP contribution in [-0.4, -0.2) is 11.0 Å². The van der Waals surface area contributed by atoms with Crippen molar-refractivity contribution in [3.05, 3.63) is 29.6 Å². The summed E-state index contributed by atoms with van der Waals surface area (Å²) in [5.41, 5.74) is 2.52. The van der Waals surface area contributed by atoms with Crippen LogP contribution in [0.2, 0.25) is 0 Å². The Morgan fingerprint density at radius 2 is 2.19 bits per heavy atom. The van der Waals surface area contributed by atoms with Gasteiger partial charge >= 0.3 is 0 Å². The van der Waals surface area contributed by atoms with E-state index in [-0.39, 0.29) is 0 Å². The first kappa shape index (κ1) is 11.6. The molecule has 16 heavy (non-hydrogen) atoms. The van der Waals surface area contributed by atoms with Crippen molar-refractivity contribution in [1.29, 1.82) is 0 Å². The Morgan fingerprint density at radius 3 is 2.69 bits per heavy atom. The van der Waals surface area contributed by atoms with E-state index in [1.54, 1.807) is 0 Å². The second-order valence-corrected chi connectivity index (χ2v) is 5.26. The molecule has 0 aliphatic heterocycles. The molecule has 1 aliphatic rings. The third-order valence-electron chi connectivity index (χ3n) is 3.20. The smallest absolute Gasteiger partial charge is 0.0406 e. The summed E-state index contributed by atoms with van der Waals surface area (Å²) in [5.74, 6) is 0.687. The molecule has 1 fully saturated rings. The Labute approximate surface area is 98.5 Å². The monoisotopic (exact) mass is 218 g/mol. The minimum absolute atomic E-state index is 0.687. The van der Waals surface area contributed by atoms with Gasteiger partial charge in [0.15, 0.2) is 0 Å². The average molecular weight is 218 g/mol. The lowest BCUT2D eigenvalue weighted by Crippen LogP contribution is -2.34. The van der Waals surface area contributed by atoms with Crippen LogP contribution in [0.4, 0.5) is 0 Å². The summed E-state index contributed by atoms with van der Waals surface area (Å²) >= 11 is 0. The van der Waals surface area contributed by atoms with Gasteiger partial charge in [0, 0.05) is 24.5 Å². The summed E-state index contributed by atoms with van der Waals surface area (Å²) in [7, 11) is 0. The predicted molar refractivity (Wildman–Crippen MR) is 67.3 cm³/mol. The van der Waals surface area contributed by atoms with Gasteiger partial charge in [0.25, 0.3) is 0 Å². The van der Waals surface area contributed by atoms with Crippen molar-refractivity contribution >= 4 is 0 Å². The lowest BCUT2D eigenvalue weighted by atomic mass is 9.93. The Balaban J connectivity index is 1.81. The maximum absolute atomic E-state index is 4.50. The van der Waals surface area contributed by atoms with E-state index in [1.807, 2.05) is 6.20 Å². The molecular weight excluding hydrogens is 196 g/mol. The first-order valence-electron chi connectivity index (χ1n) is 6.41. The summed E-state index contributed by atoms with van der Waals surface area (Å²) in [6.07, 6.45) is 7.18. The predicted octanol–water partition coefficient (Wildman–Crippen LogP) is 2.92. The first-order valence-corrected chi connectivity index (χ1v) is 6.41. The Morgan fingerprint density at radius 1 is 1.38 bits per heavy atom. The van der Waals surface area contributed by atoms with Crippen LogP contribution in [0.15, 0.2) is 18.3 Å². The molecule has 1 aromatic rings. The highest BCUT2D eigenvalue weighted by Crippen LogP contribution is 2.18. The molecule has 0 radical (unpaired) electrons. The molecule has 0 amide bonds. The zero-order chi connectivity index (χ0) is 11.4. The number of nitrogens with zero attached hydrogens (tertiary/aromatic N) is 1. The molecule has 2 heteroatoms. The van der Waals surface area contributed by atoms with Crippen molar-refractivity contribution < 1.29 is 0 Å². The molecule has 0 aromatic carbocycles. The maximum atomic E-state index is 4.50. The number of hydrogen-bond donors (Lipinski definition) is 1. The van der Waals surface area contributed by atoms with Crippen LogP contribution in [0.25, 0.3) is 0 Å². The SMILES string of the molecule is CC(C)Cc1ccc(CNC2CCC2)cn1. The Bertz CT molecular complexity index is 312. The highest BCUT2D eigenvalue weighted by Gasteiger charge is 2.15. The van der Waals surface area contributed by atoms with Gasteiger partial charge in [-0.1, -0.05) is 26.3 Å². The molecule has 1 aliphatic carbocycles. The quantitative estimate of drug-likeness (QED) is 0.822. The Kier molecular flexibility index (Phi) is 3.94. The average Bonchev–Trinajstić information content (AvgIpc) is 2.17. The van der Waals surface area contributed by atoms with Crippen molar-refractivity contribution in [2.75, 3.05) is 0 Å². The van der Waals surface area contributed by atoms with Gasteiger partial charge in [0.2, 0.25) is 0 Å². The van der Waals surface area contributed by atoms with Gasteiger partial charge in [-0.3, -0.25) is 4.98 Å². The van der Waals surface area contributed by atoms with Gasteiger partial charge in [-0.2, -0.15) is 0 Å². The zero-order valence-electron chi connectivity index (χ0n) is 10.4. The maximum Gasteiger partial charge on any atom is 0.0406 e. The van der Waals surface area contributed by atoms with E-state index in [2.05, 4.69) is 36.3 Å². The minimum Gasteiger partial charge on any atom is -0.310 e. The van der Waals surface area contributed by atoms with Crippen molar-refractivity contribution in [2.45, 2.75) is 52.1 Å². The highest BCUT2D eigenvalue weighted by molar-refractivity contribution is 5.14. The zero-order valence-corrected chi connectivity index (χ0v) is 10.4. The molecule has 1 saturated carbocycles. The first-order chi connectivity index (χ1) is 7.74. The van der Waals surface area contributed by atoms with Crippen LogP contribution in [0, 0.1) is 5.92 Å². The van der Waals surface area contributed by atoms with E-state index in [9.17, 15) is 0 Å². The van der Waals surface area contributed by atoms with Gasteiger partial charge in [0.1, 0.15) is 0 Å². The summed E-state index contributed by atoms with van der Waals surface area (Å²) in [4.78, 5) is 4.50. The van der Waals surface area contributed by atoms with E-state index >= 15 is 0 Å².